The van der Waals surface area contributed by atoms with Crippen molar-refractivity contribution in [2.75, 3.05) is 0 Å². The molecular formula is C13H13FN2O2. The zero-order valence-corrected chi connectivity index (χ0v) is 10.2. The van der Waals surface area contributed by atoms with E-state index in [1.165, 1.54) is 18.2 Å². The molecule has 94 valence electrons. The predicted octanol–water partition coefficient (Wildman–Crippen LogP) is 2.36. The summed E-state index contributed by atoms with van der Waals surface area (Å²) in [6.45, 7) is 3.90. The summed E-state index contributed by atoms with van der Waals surface area (Å²) in [5.74, 6) is -0.0819. The summed E-state index contributed by atoms with van der Waals surface area (Å²) in [7, 11) is 0. The van der Waals surface area contributed by atoms with Crippen LogP contribution in [-0.2, 0) is 6.54 Å². The molecule has 0 unspecified atom stereocenters. The summed E-state index contributed by atoms with van der Waals surface area (Å²) in [5, 5.41) is 6.50. The van der Waals surface area contributed by atoms with Gasteiger partial charge >= 0.3 is 0 Å². The number of hydrogen-bond donors (Lipinski definition) is 1. The Morgan fingerprint density at radius 1 is 1.44 bits per heavy atom. The smallest absolute Gasteiger partial charge is 0.251 e. The molecule has 0 spiro atoms. The summed E-state index contributed by atoms with van der Waals surface area (Å²) >= 11 is 0. The van der Waals surface area contributed by atoms with E-state index in [4.69, 9.17) is 4.52 Å². The van der Waals surface area contributed by atoms with Crippen molar-refractivity contribution in [2.45, 2.75) is 20.4 Å². The minimum Gasteiger partial charge on any atom is -0.361 e. The van der Waals surface area contributed by atoms with E-state index in [1.54, 1.807) is 19.9 Å². The summed E-state index contributed by atoms with van der Waals surface area (Å²) in [5.41, 5.74) is 1.88. The summed E-state index contributed by atoms with van der Waals surface area (Å²) in [6.07, 6.45) is 0. The molecule has 5 heteroatoms. The number of nitrogens with one attached hydrogen (secondary N) is 1. The highest BCUT2D eigenvalue weighted by Gasteiger charge is 2.11. The number of hydrogen-bond acceptors (Lipinski definition) is 3. The highest BCUT2D eigenvalue weighted by atomic mass is 19.1. The third-order valence-electron chi connectivity index (χ3n) is 2.69. The van der Waals surface area contributed by atoms with Crippen molar-refractivity contribution in [1.29, 1.82) is 0 Å². The zero-order valence-electron chi connectivity index (χ0n) is 10.2. The minimum atomic E-state index is -0.431. The number of halogens is 1. The average Bonchev–Trinajstić information content (AvgIpc) is 2.66. The van der Waals surface area contributed by atoms with E-state index >= 15 is 0 Å². The Labute approximate surface area is 104 Å². The first kappa shape index (κ1) is 12.3. The predicted molar refractivity (Wildman–Crippen MR) is 63.5 cm³/mol. The van der Waals surface area contributed by atoms with Gasteiger partial charge in [0.15, 0.2) is 0 Å². The van der Waals surface area contributed by atoms with Crippen molar-refractivity contribution in [1.82, 2.24) is 10.5 Å². The quantitative estimate of drug-likeness (QED) is 0.907. The molecule has 0 fully saturated rings. The van der Waals surface area contributed by atoms with Gasteiger partial charge in [0.25, 0.3) is 5.91 Å². The number of nitrogens with zero attached hydrogens (tertiary/aromatic N) is 1. The van der Waals surface area contributed by atoms with Crippen LogP contribution in [-0.4, -0.2) is 11.1 Å². The molecule has 1 aromatic heterocycles. The van der Waals surface area contributed by atoms with Gasteiger partial charge in [0.05, 0.1) is 5.69 Å². The normalized spacial score (nSPS) is 10.4. The molecule has 0 aliphatic carbocycles. The first-order chi connectivity index (χ1) is 8.58. The average molecular weight is 248 g/mol. The fourth-order valence-electron chi connectivity index (χ4n) is 1.65. The molecule has 0 radical (unpaired) electrons. The number of rotatable bonds is 3. The lowest BCUT2D eigenvalue weighted by molar-refractivity contribution is 0.0950. The lowest BCUT2D eigenvalue weighted by atomic mass is 10.2. The Bertz CT molecular complexity index is 559. The number of benzene rings is 1. The molecule has 1 heterocycles. The summed E-state index contributed by atoms with van der Waals surface area (Å²) in [4.78, 5) is 11.8. The van der Waals surface area contributed by atoms with E-state index in [9.17, 15) is 9.18 Å². The topological polar surface area (TPSA) is 55.1 Å². The van der Waals surface area contributed by atoms with Crippen molar-refractivity contribution < 1.29 is 13.7 Å². The fraction of sp³-hybridized carbons (Fsp3) is 0.231. The third kappa shape index (κ3) is 2.56. The standard InChI is InChI=1S/C13H13FN2O2/c1-8-12(9(2)18-16-8)7-15-13(17)10-4-3-5-11(14)6-10/h3-6H,7H2,1-2H3,(H,15,17). The van der Waals surface area contributed by atoms with Crippen LogP contribution in [0, 0.1) is 19.7 Å². The molecule has 0 atom stereocenters. The fourth-order valence-corrected chi connectivity index (χ4v) is 1.65. The maximum absolute atomic E-state index is 13.0. The van der Waals surface area contributed by atoms with Gasteiger partial charge in [-0.2, -0.15) is 0 Å². The van der Waals surface area contributed by atoms with Crippen molar-refractivity contribution in [3.63, 3.8) is 0 Å². The van der Waals surface area contributed by atoms with E-state index in [1.807, 2.05) is 0 Å². The Hall–Kier alpha value is -2.17. The second-order valence-electron chi connectivity index (χ2n) is 4.00. The highest BCUT2D eigenvalue weighted by Crippen LogP contribution is 2.12. The van der Waals surface area contributed by atoms with Crippen LogP contribution in [0.1, 0.15) is 27.4 Å². The lowest BCUT2D eigenvalue weighted by Gasteiger charge is -2.04. The number of amides is 1. The van der Waals surface area contributed by atoms with Gasteiger partial charge in [0.2, 0.25) is 0 Å². The number of carbonyl (C=O) groups is 1. The van der Waals surface area contributed by atoms with E-state index in [0.717, 1.165) is 11.3 Å². The number of aromatic nitrogens is 1. The van der Waals surface area contributed by atoms with Gasteiger partial charge in [-0.1, -0.05) is 11.2 Å². The monoisotopic (exact) mass is 248 g/mol. The van der Waals surface area contributed by atoms with Gasteiger partial charge in [-0.3, -0.25) is 4.79 Å². The molecule has 1 aromatic carbocycles. The second-order valence-corrected chi connectivity index (χ2v) is 4.00. The molecule has 2 aromatic rings. The van der Waals surface area contributed by atoms with Crippen LogP contribution in [0.15, 0.2) is 28.8 Å². The van der Waals surface area contributed by atoms with Crippen LogP contribution in [0.3, 0.4) is 0 Å². The van der Waals surface area contributed by atoms with Gasteiger partial charge in [0.1, 0.15) is 11.6 Å². The second kappa shape index (κ2) is 5.00. The molecular weight excluding hydrogens is 235 g/mol. The van der Waals surface area contributed by atoms with Gasteiger partial charge in [-0.05, 0) is 32.0 Å². The lowest BCUT2D eigenvalue weighted by Crippen LogP contribution is -2.23. The minimum absolute atomic E-state index is 0.293. The molecule has 18 heavy (non-hydrogen) atoms. The Kier molecular flexibility index (Phi) is 3.41. The Morgan fingerprint density at radius 2 is 2.22 bits per heavy atom. The third-order valence-corrected chi connectivity index (χ3v) is 2.69. The van der Waals surface area contributed by atoms with Crippen molar-refractivity contribution in [3.05, 3.63) is 52.7 Å². The van der Waals surface area contributed by atoms with E-state index in [2.05, 4.69) is 10.5 Å². The van der Waals surface area contributed by atoms with Crippen LogP contribution in [0.5, 0.6) is 0 Å². The highest BCUT2D eigenvalue weighted by molar-refractivity contribution is 5.94. The molecule has 0 bridgehead atoms. The van der Waals surface area contributed by atoms with Gasteiger partial charge in [0, 0.05) is 17.7 Å². The largest absolute Gasteiger partial charge is 0.361 e. The SMILES string of the molecule is Cc1noc(C)c1CNC(=O)c1cccc(F)c1. The van der Waals surface area contributed by atoms with Crippen molar-refractivity contribution in [3.8, 4) is 0 Å². The maximum Gasteiger partial charge on any atom is 0.251 e. The van der Waals surface area contributed by atoms with E-state index in [0.29, 0.717) is 17.9 Å². The molecule has 2 rings (SSSR count). The first-order valence-corrected chi connectivity index (χ1v) is 5.53. The van der Waals surface area contributed by atoms with E-state index in [-0.39, 0.29) is 5.91 Å². The molecule has 0 aliphatic heterocycles. The van der Waals surface area contributed by atoms with Crippen LogP contribution in [0.2, 0.25) is 0 Å². The molecule has 4 nitrogen and oxygen atoms in total. The number of aryl methyl sites for hydroxylation is 2. The molecule has 1 N–H and O–H groups in total. The van der Waals surface area contributed by atoms with Gasteiger partial charge in [-0.25, -0.2) is 4.39 Å². The molecule has 0 saturated heterocycles. The molecule has 0 saturated carbocycles. The van der Waals surface area contributed by atoms with Crippen LogP contribution in [0.4, 0.5) is 4.39 Å². The van der Waals surface area contributed by atoms with Crippen LogP contribution >= 0.6 is 0 Å². The Morgan fingerprint density at radius 3 is 2.83 bits per heavy atom. The van der Waals surface area contributed by atoms with Crippen LogP contribution < -0.4 is 5.32 Å². The first-order valence-electron chi connectivity index (χ1n) is 5.53. The van der Waals surface area contributed by atoms with Gasteiger partial charge in [-0.15, -0.1) is 0 Å². The van der Waals surface area contributed by atoms with Gasteiger partial charge < -0.3 is 9.84 Å². The van der Waals surface area contributed by atoms with E-state index < -0.39 is 5.82 Å². The summed E-state index contributed by atoms with van der Waals surface area (Å²) < 4.78 is 18.0. The number of carbonyl (C=O) groups excluding carboxylic acids is 1. The molecule has 0 aliphatic rings. The Balaban J connectivity index is 2.05. The zero-order chi connectivity index (χ0) is 13.1. The molecule has 1 amide bonds. The van der Waals surface area contributed by atoms with Crippen molar-refractivity contribution in [2.24, 2.45) is 0 Å². The van der Waals surface area contributed by atoms with Crippen LogP contribution in [0.25, 0.3) is 0 Å². The summed E-state index contributed by atoms with van der Waals surface area (Å²) in [6, 6.07) is 5.56. The maximum atomic E-state index is 13.0. The van der Waals surface area contributed by atoms with Crippen molar-refractivity contribution >= 4 is 5.91 Å².